The number of amides is 2. The van der Waals surface area contributed by atoms with E-state index in [9.17, 15) is 14.4 Å². The minimum absolute atomic E-state index is 0.0261. The summed E-state index contributed by atoms with van der Waals surface area (Å²) in [6.45, 7) is 9.65. The summed E-state index contributed by atoms with van der Waals surface area (Å²) in [5.74, 6) is -0.777. The summed E-state index contributed by atoms with van der Waals surface area (Å²) in [5.41, 5.74) is 8.73. The number of ether oxygens (including phenoxy) is 3. The molecule has 4 atom stereocenters. The summed E-state index contributed by atoms with van der Waals surface area (Å²) < 4.78 is 17.3. The first-order valence-electron chi connectivity index (χ1n) is 14.4. The number of nitrogens with two attached hydrogens (primary N) is 1. The van der Waals surface area contributed by atoms with Crippen LogP contribution < -0.4 is 11.1 Å². The van der Waals surface area contributed by atoms with E-state index in [0.29, 0.717) is 25.7 Å². The lowest BCUT2D eigenvalue weighted by Gasteiger charge is -2.52. The van der Waals surface area contributed by atoms with Crippen molar-refractivity contribution < 1.29 is 28.6 Å². The van der Waals surface area contributed by atoms with Gasteiger partial charge in [-0.15, -0.1) is 0 Å². The second-order valence-corrected chi connectivity index (χ2v) is 11.9. The van der Waals surface area contributed by atoms with Crippen molar-refractivity contribution in [3.8, 4) is 0 Å². The van der Waals surface area contributed by atoms with Crippen LogP contribution >= 0.6 is 0 Å². The second kappa shape index (κ2) is 12.6. The first kappa shape index (κ1) is 30.5. The molecule has 9 nitrogen and oxygen atoms in total. The minimum Gasteiger partial charge on any atom is -0.427 e. The number of piperidine rings is 1. The van der Waals surface area contributed by atoms with Gasteiger partial charge < -0.3 is 25.3 Å². The Hall–Kier alpha value is -3.43. The Bertz CT molecular complexity index is 1230. The molecule has 2 aliphatic heterocycles. The zero-order valence-electron chi connectivity index (χ0n) is 24.8. The lowest BCUT2D eigenvalue weighted by atomic mass is 9.74. The Balaban J connectivity index is 1.62. The summed E-state index contributed by atoms with van der Waals surface area (Å²) in [5, 5.41) is 3.12. The van der Waals surface area contributed by atoms with Gasteiger partial charge in [0, 0.05) is 13.0 Å². The van der Waals surface area contributed by atoms with Gasteiger partial charge in [0.05, 0.1) is 23.8 Å². The Labute approximate surface area is 242 Å². The summed E-state index contributed by atoms with van der Waals surface area (Å²) in [6.07, 6.45) is 1.38. The lowest BCUT2D eigenvalue weighted by Crippen LogP contribution is -2.65. The third-order valence-electron chi connectivity index (χ3n) is 8.42. The number of esters is 1. The van der Waals surface area contributed by atoms with Gasteiger partial charge >= 0.3 is 12.1 Å². The fourth-order valence-electron chi connectivity index (χ4n) is 5.90. The molecule has 9 heteroatoms. The molecule has 1 spiro atoms. The van der Waals surface area contributed by atoms with Crippen molar-refractivity contribution in [3.05, 3.63) is 70.8 Å². The molecule has 222 valence electrons. The Morgan fingerprint density at radius 3 is 2.29 bits per heavy atom. The minimum atomic E-state index is -0.873. The van der Waals surface area contributed by atoms with E-state index in [2.05, 4.69) is 37.4 Å². The van der Waals surface area contributed by atoms with E-state index in [1.807, 2.05) is 51.1 Å². The zero-order chi connectivity index (χ0) is 29.8. The molecule has 2 saturated heterocycles. The molecule has 0 aliphatic carbocycles. The largest absolute Gasteiger partial charge is 0.427 e. The number of likely N-dealkylation sites (tertiary alicyclic amines) is 1. The van der Waals surface area contributed by atoms with Crippen LogP contribution in [0.15, 0.2) is 48.5 Å². The van der Waals surface area contributed by atoms with Gasteiger partial charge in [-0.05, 0) is 57.1 Å². The van der Waals surface area contributed by atoms with Gasteiger partial charge in [-0.3, -0.25) is 14.5 Å². The fraction of sp³-hybridized carbons (Fsp3) is 0.531. The SMILES string of the molecule is Cc1cc(C)cc([C@@H](C)OC[C@@]2(c3ccccc3)CC[C@]3(CCC(=O)N3)CN2C(=O)OCOC(=O)[C@H](N)C(C)C)c1. The summed E-state index contributed by atoms with van der Waals surface area (Å²) >= 11 is 0. The van der Waals surface area contributed by atoms with Gasteiger partial charge in [0.15, 0.2) is 0 Å². The second-order valence-electron chi connectivity index (χ2n) is 11.9. The highest BCUT2D eigenvalue weighted by Crippen LogP contribution is 2.45. The number of hydrogen-bond acceptors (Lipinski definition) is 7. The molecule has 2 amide bonds. The normalized spacial score (nSPS) is 23.8. The summed E-state index contributed by atoms with van der Waals surface area (Å²) in [7, 11) is 0. The Morgan fingerprint density at radius 1 is 1.00 bits per heavy atom. The smallest absolute Gasteiger partial charge is 0.413 e. The third kappa shape index (κ3) is 6.90. The van der Waals surface area contributed by atoms with Gasteiger partial charge in [0.1, 0.15) is 6.04 Å². The number of hydrogen-bond donors (Lipinski definition) is 2. The Morgan fingerprint density at radius 2 is 1.68 bits per heavy atom. The fourth-order valence-corrected chi connectivity index (χ4v) is 5.90. The predicted molar refractivity (Wildman–Crippen MR) is 155 cm³/mol. The molecular weight excluding hydrogens is 522 g/mol. The maximum Gasteiger partial charge on any atom is 0.413 e. The van der Waals surface area contributed by atoms with Crippen molar-refractivity contribution >= 4 is 18.0 Å². The van der Waals surface area contributed by atoms with Crippen LogP contribution in [0.5, 0.6) is 0 Å². The van der Waals surface area contributed by atoms with Crippen LogP contribution in [-0.2, 0) is 29.3 Å². The number of nitrogens with zero attached hydrogens (tertiary/aromatic N) is 1. The van der Waals surface area contributed by atoms with E-state index in [1.165, 1.54) is 0 Å². The van der Waals surface area contributed by atoms with E-state index >= 15 is 0 Å². The van der Waals surface area contributed by atoms with Crippen molar-refractivity contribution in [1.82, 2.24) is 10.2 Å². The highest BCUT2D eigenvalue weighted by molar-refractivity contribution is 5.80. The standard InChI is InChI=1S/C32H43N3O6/c1-21(2)28(33)29(37)40-20-41-30(38)35-18-31(12-11-27(36)34-31)13-14-32(35,26-9-7-6-8-10-26)19-39-24(5)25-16-22(3)15-23(4)17-25/h6-10,15-17,21,24,28H,11-14,18-20,33H2,1-5H3,(H,34,36)/t24-,28-,31-,32-/m1/s1. The molecule has 4 rings (SSSR count). The van der Waals surface area contributed by atoms with Gasteiger partial charge in [-0.25, -0.2) is 4.79 Å². The van der Waals surface area contributed by atoms with E-state index in [4.69, 9.17) is 19.9 Å². The molecule has 2 aromatic rings. The first-order chi connectivity index (χ1) is 19.4. The van der Waals surface area contributed by atoms with Crippen molar-refractivity contribution in [1.29, 1.82) is 0 Å². The van der Waals surface area contributed by atoms with Gasteiger partial charge in [0.25, 0.3) is 0 Å². The summed E-state index contributed by atoms with van der Waals surface area (Å²) in [4.78, 5) is 40.0. The predicted octanol–water partition coefficient (Wildman–Crippen LogP) is 4.64. The molecule has 0 unspecified atom stereocenters. The molecule has 41 heavy (non-hydrogen) atoms. The maximum absolute atomic E-state index is 13.8. The molecule has 2 aromatic carbocycles. The van der Waals surface area contributed by atoms with E-state index in [1.54, 1.807) is 4.90 Å². The molecule has 2 fully saturated rings. The monoisotopic (exact) mass is 565 g/mol. The highest BCUT2D eigenvalue weighted by atomic mass is 16.7. The number of carbonyl (C=O) groups excluding carboxylic acids is 3. The van der Waals surface area contributed by atoms with Crippen LogP contribution in [0.25, 0.3) is 0 Å². The van der Waals surface area contributed by atoms with Crippen molar-refractivity contribution in [2.45, 2.75) is 83.5 Å². The highest BCUT2D eigenvalue weighted by Gasteiger charge is 2.53. The topological polar surface area (TPSA) is 120 Å². The molecule has 0 radical (unpaired) electrons. The average molecular weight is 566 g/mol. The number of rotatable bonds is 9. The Kier molecular flexibility index (Phi) is 9.39. The quantitative estimate of drug-likeness (QED) is 0.336. The lowest BCUT2D eigenvalue weighted by molar-refractivity contribution is -0.156. The van der Waals surface area contributed by atoms with Crippen LogP contribution in [-0.4, -0.2) is 54.4 Å². The summed E-state index contributed by atoms with van der Waals surface area (Å²) in [6, 6.07) is 15.3. The number of benzene rings is 2. The van der Waals surface area contributed by atoms with Crippen LogP contribution in [0.1, 0.15) is 74.8 Å². The zero-order valence-corrected chi connectivity index (χ0v) is 24.8. The molecular formula is C32H43N3O6. The van der Waals surface area contributed by atoms with Crippen LogP contribution in [0.2, 0.25) is 0 Å². The molecule has 0 saturated carbocycles. The number of carbonyl (C=O) groups is 3. The molecule has 2 aliphatic rings. The average Bonchev–Trinajstić information content (AvgIpc) is 3.31. The van der Waals surface area contributed by atoms with Crippen molar-refractivity contribution in [2.75, 3.05) is 19.9 Å². The van der Waals surface area contributed by atoms with Crippen LogP contribution in [0.3, 0.4) is 0 Å². The van der Waals surface area contributed by atoms with Crippen LogP contribution in [0, 0.1) is 19.8 Å². The van der Waals surface area contributed by atoms with Crippen molar-refractivity contribution in [3.63, 3.8) is 0 Å². The third-order valence-corrected chi connectivity index (χ3v) is 8.42. The molecule has 3 N–H and O–H groups in total. The van der Waals surface area contributed by atoms with E-state index in [0.717, 1.165) is 22.3 Å². The molecule has 0 aromatic heterocycles. The maximum atomic E-state index is 13.8. The number of aryl methyl sites for hydroxylation is 2. The molecule has 2 heterocycles. The van der Waals surface area contributed by atoms with Crippen molar-refractivity contribution in [2.24, 2.45) is 11.7 Å². The van der Waals surface area contributed by atoms with Gasteiger partial charge in [-0.1, -0.05) is 73.5 Å². The first-order valence-corrected chi connectivity index (χ1v) is 14.4. The van der Waals surface area contributed by atoms with Crippen LogP contribution in [0.4, 0.5) is 4.79 Å². The molecule has 0 bridgehead atoms. The van der Waals surface area contributed by atoms with E-state index < -0.39 is 36.0 Å². The number of nitrogens with one attached hydrogen (secondary N) is 1. The van der Waals surface area contributed by atoms with E-state index in [-0.39, 0.29) is 31.1 Å². The van der Waals surface area contributed by atoms with Gasteiger partial charge in [0.2, 0.25) is 12.7 Å². The van der Waals surface area contributed by atoms with Gasteiger partial charge in [-0.2, -0.15) is 0 Å².